The molecule has 0 fully saturated rings. The van der Waals surface area contributed by atoms with Crippen molar-refractivity contribution in [3.05, 3.63) is 47.9 Å². The highest BCUT2D eigenvalue weighted by Crippen LogP contribution is 2.13. The molecule has 0 atom stereocenters. The largest absolute Gasteiger partial charge is 0.486 e. The minimum absolute atomic E-state index is 0.339. The Balaban J connectivity index is 1.97. The molecule has 2 aromatic rings. The van der Waals surface area contributed by atoms with Crippen molar-refractivity contribution in [2.75, 3.05) is 0 Å². The van der Waals surface area contributed by atoms with Crippen LogP contribution in [-0.2, 0) is 6.61 Å². The molecule has 0 aliphatic heterocycles. The van der Waals surface area contributed by atoms with Gasteiger partial charge in [-0.25, -0.2) is 0 Å². The smallest absolute Gasteiger partial charge is 0.174 e. The van der Waals surface area contributed by atoms with Crippen LogP contribution in [0.4, 0.5) is 0 Å². The lowest BCUT2D eigenvalue weighted by Gasteiger charge is -2.02. The van der Waals surface area contributed by atoms with Gasteiger partial charge in [-0.15, -0.1) is 0 Å². The van der Waals surface area contributed by atoms with E-state index in [-0.39, 0.29) is 0 Å². The SMILES string of the molecule is N#Cc1ccc(OCc2ccno2)cc1. The van der Waals surface area contributed by atoms with Crippen LogP contribution in [0.5, 0.6) is 5.75 Å². The molecule has 0 saturated heterocycles. The monoisotopic (exact) mass is 200 g/mol. The van der Waals surface area contributed by atoms with Crippen LogP contribution >= 0.6 is 0 Å². The molecule has 2 rings (SSSR count). The summed E-state index contributed by atoms with van der Waals surface area (Å²) in [5, 5.41) is 12.2. The van der Waals surface area contributed by atoms with Crippen LogP contribution in [0.3, 0.4) is 0 Å². The van der Waals surface area contributed by atoms with Crippen LogP contribution in [-0.4, -0.2) is 5.16 Å². The van der Waals surface area contributed by atoms with Gasteiger partial charge in [0.05, 0.1) is 17.8 Å². The van der Waals surface area contributed by atoms with Crippen molar-refractivity contribution in [1.29, 1.82) is 5.26 Å². The van der Waals surface area contributed by atoms with Crippen LogP contribution in [0, 0.1) is 11.3 Å². The maximum Gasteiger partial charge on any atom is 0.174 e. The fraction of sp³-hybridized carbons (Fsp3) is 0.0909. The zero-order valence-corrected chi connectivity index (χ0v) is 7.88. The summed E-state index contributed by atoms with van der Waals surface area (Å²) in [4.78, 5) is 0. The second kappa shape index (κ2) is 4.29. The highest BCUT2D eigenvalue weighted by atomic mass is 16.5. The molecule has 0 aliphatic carbocycles. The quantitative estimate of drug-likeness (QED) is 0.761. The molecule has 15 heavy (non-hydrogen) atoms. The standard InChI is InChI=1S/C11H8N2O2/c12-7-9-1-3-10(4-2-9)14-8-11-5-6-13-15-11/h1-6H,8H2. The Bertz CT molecular complexity index is 454. The maximum atomic E-state index is 8.59. The predicted molar refractivity (Wildman–Crippen MR) is 52.0 cm³/mol. The molecule has 74 valence electrons. The molecule has 0 unspecified atom stereocenters. The number of aromatic nitrogens is 1. The fourth-order valence-electron chi connectivity index (χ4n) is 1.10. The van der Waals surface area contributed by atoms with Gasteiger partial charge in [0.2, 0.25) is 0 Å². The van der Waals surface area contributed by atoms with Gasteiger partial charge in [0.25, 0.3) is 0 Å². The summed E-state index contributed by atoms with van der Waals surface area (Å²) in [5.41, 5.74) is 0.613. The Morgan fingerprint density at radius 3 is 2.67 bits per heavy atom. The third kappa shape index (κ3) is 2.35. The average Bonchev–Trinajstić information content (AvgIpc) is 2.80. The lowest BCUT2D eigenvalue weighted by atomic mass is 10.2. The summed E-state index contributed by atoms with van der Waals surface area (Å²) in [6, 6.07) is 10.7. The summed E-state index contributed by atoms with van der Waals surface area (Å²) < 4.78 is 10.3. The van der Waals surface area contributed by atoms with E-state index in [1.54, 1.807) is 36.5 Å². The Morgan fingerprint density at radius 1 is 1.27 bits per heavy atom. The molecule has 0 N–H and O–H groups in total. The molecule has 1 aromatic heterocycles. The first kappa shape index (κ1) is 9.28. The molecule has 1 aromatic carbocycles. The number of nitrogens with zero attached hydrogens (tertiary/aromatic N) is 2. The molecule has 0 amide bonds. The van der Waals surface area contributed by atoms with Gasteiger partial charge in [-0.1, -0.05) is 5.16 Å². The first-order valence-corrected chi connectivity index (χ1v) is 4.41. The van der Waals surface area contributed by atoms with Crippen LogP contribution in [0.15, 0.2) is 41.1 Å². The summed E-state index contributed by atoms with van der Waals surface area (Å²) >= 11 is 0. The summed E-state index contributed by atoms with van der Waals surface area (Å²) in [7, 11) is 0. The molecule has 0 saturated carbocycles. The average molecular weight is 200 g/mol. The van der Waals surface area contributed by atoms with Gasteiger partial charge in [0, 0.05) is 6.07 Å². The van der Waals surface area contributed by atoms with Crippen LogP contribution < -0.4 is 4.74 Å². The molecule has 0 radical (unpaired) electrons. The normalized spacial score (nSPS) is 9.53. The van der Waals surface area contributed by atoms with Gasteiger partial charge in [0.15, 0.2) is 5.76 Å². The second-order valence-corrected chi connectivity index (χ2v) is 2.90. The third-order valence-electron chi connectivity index (χ3n) is 1.86. The zero-order chi connectivity index (χ0) is 10.5. The van der Waals surface area contributed by atoms with Gasteiger partial charge < -0.3 is 9.26 Å². The van der Waals surface area contributed by atoms with E-state index in [4.69, 9.17) is 14.5 Å². The minimum atomic E-state index is 0.339. The van der Waals surface area contributed by atoms with Gasteiger partial charge in [-0.2, -0.15) is 5.26 Å². The van der Waals surface area contributed by atoms with E-state index >= 15 is 0 Å². The van der Waals surface area contributed by atoms with Crippen molar-refractivity contribution in [3.8, 4) is 11.8 Å². The first-order valence-electron chi connectivity index (χ1n) is 4.41. The highest BCUT2D eigenvalue weighted by Gasteiger charge is 1.98. The van der Waals surface area contributed by atoms with Crippen LogP contribution in [0.2, 0.25) is 0 Å². The molecule has 1 heterocycles. The minimum Gasteiger partial charge on any atom is -0.486 e. The molecular formula is C11H8N2O2. The predicted octanol–water partition coefficient (Wildman–Crippen LogP) is 2.13. The first-order chi connectivity index (χ1) is 7.38. The number of benzene rings is 1. The molecule has 4 nitrogen and oxygen atoms in total. The van der Waals surface area contributed by atoms with Crippen molar-refractivity contribution in [3.63, 3.8) is 0 Å². The van der Waals surface area contributed by atoms with Crippen molar-refractivity contribution in [2.45, 2.75) is 6.61 Å². The van der Waals surface area contributed by atoms with Crippen molar-refractivity contribution >= 4 is 0 Å². The number of hydrogen-bond acceptors (Lipinski definition) is 4. The zero-order valence-electron chi connectivity index (χ0n) is 7.88. The van der Waals surface area contributed by atoms with Crippen molar-refractivity contribution in [1.82, 2.24) is 5.16 Å². The molecular weight excluding hydrogens is 192 g/mol. The summed E-state index contributed by atoms with van der Waals surface area (Å²) in [5.74, 6) is 1.37. The number of rotatable bonds is 3. The van der Waals surface area contributed by atoms with Crippen LogP contribution in [0.25, 0.3) is 0 Å². The van der Waals surface area contributed by atoms with E-state index in [9.17, 15) is 0 Å². The maximum absolute atomic E-state index is 8.59. The van der Waals surface area contributed by atoms with Gasteiger partial charge in [-0.3, -0.25) is 0 Å². The van der Waals surface area contributed by atoms with Gasteiger partial charge >= 0.3 is 0 Å². The number of nitriles is 1. The Labute approximate surface area is 86.7 Å². The van der Waals surface area contributed by atoms with Gasteiger partial charge in [0.1, 0.15) is 12.4 Å². The van der Waals surface area contributed by atoms with E-state index in [2.05, 4.69) is 5.16 Å². The second-order valence-electron chi connectivity index (χ2n) is 2.90. The Kier molecular flexibility index (Phi) is 2.65. The molecule has 0 aliphatic rings. The molecule has 4 heteroatoms. The summed E-state index contributed by atoms with van der Waals surface area (Å²) in [6.45, 7) is 0.339. The number of ether oxygens (including phenoxy) is 1. The fourth-order valence-corrected chi connectivity index (χ4v) is 1.10. The lowest BCUT2D eigenvalue weighted by molar-refractivity contribution is 0.249. The molecule has 0 bridgehead atoms. The Hall–Kier alpha value is -2.28. The lowest BCUT2D eigenvalue weighted by Crippen LogP contribution is -1.93. The summed E-state index contributed by atoms with van der Waals surface area (Å²) in [6.07, 6.45) is 1.57. The van der Waals surface area contributed by atoms with E-state index in [1.165, 1.54) is 0 Å². The van der Waals surface area contributed by atoms with Gasteiger partial charge in [-0.05, 0) is 24.3 Å². The third-order valence-corrected chi connectivity index (χ3v) is 1.86. The topological polar surface area (TPSA) is 59.0 Å². The van der Waals surface area contributed by atoms with Crippen LogP contribution in [0.1, 0.15) is 11.3 Å². The van der Waals surface area contributed by atoms with Crippen molar-refractivity contribution in [2.24, 2.45) is 0 Å². The molecule has 0 spiro atoms. The highest BCUT2D eigenvalue weighted by molar-refractivity contribution is 5.34. The van der Waals surface area contributed by atoms with E-state index < -0.39 is 0 Å². The van der Waals surface area contributed by atoms with E-state index in [0.29, 0.717) is 23.7 Å². The Morgan fingerprint density at radius 2 is 2.07 bits per heavy atom. The van der Waals surface area contributed by atoms with E-state index in [0.717, 1.165) is 0 Å². The van der Waals surface area contributed by atoms with E-state index in [1.807, 2.05) is 6.07 Å². The number of hydrogen-bond donors (Lipinski definition) is 0. The van der Waals surface area contributed by atoms with Crippen molar-refractivity contribution < 1.29 is 9.26 Å².